The molecular weight excluding hydrogens is 426 g/mol. The fourth-order valence-electron chi connectivity index (χ4n) is 3.37. The minimum atomic E-state index is -0.428. The number of halogens is 1. The van der Waals surface area contributed by atoms with Crippen molar-refractivity contribution in [2.45, 2.75) is 32.6 Å². The lowest BCUT2D eigenvalue weighted by molar-refractivity contribution is -0.129. The van der Waals surface area contributed by atoms with Crippen molar-refractivity contribution >= 4 is 46.3 Å². The summed E-state index contributed by atoms with van der Waals surface area (Å²) in [5.74, 6) is -0.898. The summed E-state index contributed by atoms with van der Waals surface area (Å²) in [5, 5.41) is 2.70. The van der Waals surface area contributed by atoms with E-state index in [0.29, 0.717) is 48.0 Å². The second kappa shape index (κ2) is 10.1. The van der Waals surface area contributed by atoms with Gasteiger partial charge in [-0.3, -0.25) is 24.1 Å². The van der Waals surface area contributed by atoms with E-state index in [0.717, 1.165) is 35.1 Å². The maximum Gasteiger partial charge on any atom is 0.294 e. The first kappa shape index (κ1) is 22.4. The van der Waals surface area contributed by atoms with Gasteiger partial charge in [0.25, 0.3) is 17.1 Å². The van der Waals surface area contributed by atoms with Crippen LogP contribution in [-0.4, -0.2) is 58.9 Å². The first-order valence-corrected chi connectivity index (χ1v) is 11.2. The molecule has 1 aromatic carbocycles. The number of imide groups is 1. The molecule has 4 amide bonds. The molecule has 2 heterocycles. The number of carbonyl (C=O) groups is 4. The number of nitrogens with one attached hydrogen (secondary N) is 1. The van der Waals surface area contributed by atoms with E-state index in [-0.39, 0.29) is 18.4 Å². The Morgan fingerprint density at radius 1 is 1.17 bits per heavy atom. The Hall–Kier alpha value is -2.32. The lowest BCUT2D eigenvalue weighted by atomic mass is 10.0. The largest absolute Gasteiger partial charge is 0.355 e. The molecule has 0 aromatic heterocycles. The van der Waals surface area contributed by atoms with Gasteiger partial charge in [0.15, 0.2) is 0 Å². The van der Waals surface area contributed by atoms with Crippen LogP contribution in [0.3, 0.4) is 0 Å². The van der Waals surface area contributed by atoms with Gasteiger partial charge in [-0.1, -0.05) is 37.1 Å². The van der Waals surface area contributed by atoms with Gasteiger partial charge in [0.1, 0.15) is 6.54 Å². The van der Waals surface area contributed by atoms with E-state index in [2.05, 4.69) is 5.32 Å². The van der Waals surface area contributed by atoms with Gasteiger partial charge in [0.05, 0.1) is 15.5 Å². The summed E-state index contributed by atoms with van der Waals surface area (Å²) in [6, 6.07) is 6.91. The molecule has 0 unspecified atom stereocenters. The van der Waals surface area contributed by atoms with Gasteiger partial charge >= 0.3 is 0 Å². The number of hydrogen-bond acceptors (Lipinski definition) is 5. The Bertz CT molecular complexity index is 892. The minimum absolute atomic E-state index is 0.142. The van der Waals surface area contributed by atoms with Crippen LogP contribution in [0, 0.1) is 0 Å². The van der Waals surface area contributed by atoms with Crippen LogP contribution in [0.1, 0.15) is 43.0 Å². The van der Waals surface area contributed by atoms with Gasteiger partial charge < -0.3 is 10.2 Å². The number of thioether (sulfide) groups is 1. The molecule has 7 nitrogen and oxygen atoms in total. The SMILES string of the molecule is CCCCNC(=O)CN1C(=O)SC(=C2CCN(C(=O)c3ccccc3Cl)CC2)C1=O. The molecule has 0 atom stereocenters. The molecule has 160 valence electrons. The van der Waals surface area contributed by atoms with E-state index in [1.807, 2.05) is 6.92 Å². The van der Waals surface area contributed by atoms with E-state index in [1.54, 1.807) is 29.2 Å². The van der Waals surface area contributed by atoms with Crippen LogP contribution >= 0.6 is 23.4 Å². The molecule has 0 saturated carbocycles. The van der Waals surface area contributed by atoms with Crippen molar-refractivity contribution in [1.82, 2.24) is 15.1 Å². The monoisotopic (exact) mass is 449 g/mol. The van der Waals surface area contributed by atoms with Crippen molar-refractivity contribution < 1.29 is 19.2 Å². The zero-order valence-electron chi connectivity index (χ0n) is 16.8. The maximum atomic E-state index is 12.7. The first-order chi connectivity index (χ1) is 14.4. The number of rotatable bonds is 6. The van der Waals surface area contributed by atoms with Crippen LogP contribution in [0.25, 0.3) is 0 Å². The zero-order valence-corrected chi connectivity index (χ0v) is 18.4. The topological polar surface area (TPSA) is 86.8 Å². The smallest absolute Gasteiger partial charge is 0.294 e. The molecule has 2 fully saturated rings. The number of piperidine rings is 1. The third-order valence-electron chi connectivity index (χ3n) is 5.08. The van der Waals surface area contributed by atoms with Crippen LogP contribution in [0.5, 0.6) is 0 Å². The summed E-state index contributed by atoms with van der Waals surface area (Å²) < 4.78 is 0. The molecule has 1 N–H and O–H groups in total. The third kappa shape index (κ3) is 5.05. The second-order valence-electron chi connectivity index (χ2n) is 7.17. The summed E-state index contributed by atoms with van der Waals surface area (Å²) in [4.78, 5) is 52.8. The number of likely N-dealkylation sites (tertiary alicyclic amines) is 1. The number of unbranched alkanes of at least 4 members (excludes halogenated alkanes) is 1. The number of benzene rings is 1. The molecule has 0 aliphatic carbocycles. The van der Waals surface area contributed by atoms with E-state index in [1.165, 1.54) is 0 Å². The van der Waals surface area contributed by atoms with E-state index in [9.17, 15) is 19.2 Å². The fraction of sp³-hybridized carbons (Fsp3) is 0.429. The van der Waals surface area contributed by atoms with Crippen molar-refractivity contribution in [2.24, 2.45) is 0 Å². The van der Waals surface area contributed by atoms with Gasteiger partial charge in [-0.2, -0.15) is 0 Å². The summed E-state index contributed by atoms with van der Waals surface area (Å²) in [7, 11) is 0. The lowest BCUT2D eigenvalue weighted by Crippen LogP contribution is -2.40. The van der Waals surface area contributed by atoms with Crippen molar-refractivity contribution in [3.63, 3.8) is 0 Å². The predicted molar refractivity (Wildman–Crippen MR) is 116 cm³/mol. The molecule has 30 heavy (non-hydrogen) atoms. The molecule has 0 radical (unpaired) electrons. The highest BCUT2D eigenvalue weighted by molar-refractivity contribution is 8.18. The Balaban J connectivity index is 1.61. The number of carbonyl (C=O) groups excluding carboxylic acids is 4. The predicted octanol–water partition coefficient (Wildman–Crippen LogP) is 3.44. The Morgan fingerprint density at radius 2 is 1.87 bits per heavy atom. The van der Waals surface area contributed by atoms with Crippen LogP contribution < -0.4 is 5.32 Å². The van der Waals surface area contributed by atoms with Gasteiger partial charge in [0, 0.05) is 19.6 Å². The highest BCUT2D eigenvalue weighted by Gasteiger charge is 2.38. The van der Waals surface area contributed by atoms with Crippen LogP contribution in [0.4, 0.5) is 4.79 Å². The number of hydrogen-bond donors (Lipinski definition) is 1. The van der Waals surface area contributed by atoms with Gasteiger partial charge in [-0.25, -0.2) is 0 Å². The quantitative estimate of drug-likeness (QED) is 0.531. The number of amides is 4. The molecule has 2 saturated heterocycles. The van der Waals surface area contributed by atoms with E-state index in [4.69, 9.17) is 11.6 Å². The molecule has 2 aliphatic heterocycles. The van der Waals surface area contributed by atoms with Crippen molar-refractivity contribution in [3.05, 3.63) is 45.3 Å². The Morgan fingerprint density at radius 3 is 2.53 bits per heavy atom. The third-order valence-corrected chi connectivity index (χ3v) is 6.47. The summed E-state index contributed by atoms with van der Waals surface area (Å²) in [6.07, 6.45) is 2.81. The van der Waals surface area contributed by atoms with Crippen molar-refractivity contribution in [3.8, 4) is 0 Å². The molecule has 9 heteroatoms. The standard InChI is InChI=1S/C21H24ClN3O4S/c1-2-3-10-23-17(26)13-25-20(28)18(30-21(25)29)14-8-11-24(12-9-14)19(27)15-6-4-5-7-16(15)22/h4-7H,2-3,8-13H2,1H3,(H,23,26). The normalized spacial score (nSPS) is 17.0. The molecule has 1 aromatic rings. The first-order valence-electron chi connectivity index (χ1n) is 9.98. The van der Waals surface area contributed by atoms with Crippen molar-refractivity contribution in [1.29, 1.82) is 0 Å². The highest BCUT2D eigenvalue weighted by atomic mass is 35.5. The molecule has 3 rings (SSSR count). The molecular formula is C21H24ClN3O4S. The average Bonchev–Trinajstić information content (AvgIpc) is 3.02. The van der Waals surface area contributed by atoms with Gasteiger partial charge in [0.2, 0.25) is 5.91 Å². The summed E-state index contributed by atoms with van der Waals surface area (Å²) in [5.41, 5.74) is 1.31. The molecule has 0 spiro atoms. The summed E-state index contributed by atoms with van der Waals surface area (Å²) in [6.45, 7) is 3.18. The van der Waals surface area contributed by atoms with Gasteiger partial charge in [-0.15, -0.1) is 0 Å². The van der Waals surface area contributed by atoms with Crippen molar-refractivity contribution in [2.75, 3.05) is 26.2 Å². The minimum Gasteiger partial charge on any atom is -0.355 e. The zero-order chi connectivity index (χ0) is 21.7. The van der Waals surface area contributed by atoms with Crippen LogP contribution in [-0.2, 0) is 9.59 Å². The van der Waals surface area contributed by atoms with Crippen LogP contribution in [0.15, 0.2) is 34.7 Å². The summed E-state index contributed by atoms with van der Waals surface area (Å²) >= 11 is 7.00. The van der Waals surface area contributed by atoms with Gasteiger partial charge in [-0.05, 0) is 48.7 Å². The highest BCUT2D eigenvalue weighted by Crippen LogP contribution is 2.36. The Kier molecular flexibility index (Phi) is 7.55. The molecule has 2 aliphatic rings. The second-order valence-corrected chi connectivity index (χ2v) is 8.54. The number of nitrogens with zero attached hydrogens (tertiary/aromatic N) is 2. The Labute approximate surface area is 184 Å². The van der Waals surface area contributed by atoms with E-state index >= 15 is 0 Å². The van der Waals surface area contributed by atoms with Crippen LogP contribution in [0.2, 0.25) is 5.02 Å². The average molecular weight is 450 g/mol. The lowest BCUT2D eigenvalue weighted by Gasteiger charge is -2.29. The fourth-order valence-corrected chi connectivity index (χ4v) is 4.56. The maximum absolute atomic E-state index is 12.7. The van der Waals surface area contributed by atoms with E-state index < -0.39 is 11.1 Å². The molecule has 0 bridgehead atoms.